The van der Waals surface area contributed by atoms with Crippen molar-refractivity contribution in [2.75, 3.05) is 6.54 Å². The van der Waals surface area contributed by atoms with E-state index < -0.39 is 66.3 Å². The van der Waals surface area contributed by atoms with Crippen LogP contribution in [0.5, 0.6) is 5.75 Å². The second-order valence-corrected chi connectivity index (χ2v) is 11.5. The molecule has 0 aliphatic heterocycles. The summed E-state index contributed by atoms with van der Waals surface area (Å²) in [5.41, 5.74) is 0.675. The minimum absolute atomic E-state index is 0.195. The first-order valence-corrected chi connectivity index (χ1v) is 14.8. The van der Waals surface area contributed by atoms with E-state index >= 15 is 0 Å². The van der Waals surface area contributed by atoms with Crippen LogP contribution in [0.25, 0.3) is 0 Å². The van der Waals surface area contributed by atoms with Gasteiger partial charge in [0, 0.05) is 0 Å². The van der Waals surface area contributed by atoms with Gasteiger partial charge in [-0.05, 0) is 41.3 Å². The average molecular weight is 703 g/mol. The molecule has 0 heterocycles. The van der Waals surface area contributed by atoms with E-state index in [0.717, 1.165) is 5.32 Å². The highest BCUT2D eigenvalue weighted by molar-refractivity contribution is 6.42. The van der Waals surface area contributed by atoms with Crippen LogP contribution in [0.3, 0.4) is 0 Å². The van der Waals surface area contributed by atoms with Gasteiger partial charge in [0.25, 0.3) is 5.91 Å². The lowest BCUT2D eigenvalue weighted by Gasteiger charge is -2.28. The summed E-state index contributed by atoms with van der Waals surface area (Å²) >= 11 is 12.2. The SMILES string of the molecule is CC(C)C(NC(=O)C(NC(=O)CC(Oc1ccccc1)c1ccc(Cl)c(Cl)c1)c1ccccc1)C(=O)C(F)(F)C(=O)NCC(F)(F)F. The first kappa shape index (κ1) is 37.2. The predicted molar refractivity (Wildman–Crippen MR) is 164 cm³/mol. The van der Waals surface area contributed by atoms with E-state index in [2.05, 4.69) is 10.6 Å². The number of hydrogen-bond donors (Lipinski definition) is 3. The fourth-order valence-corrected chi connectivity index (χ4v) is 4.61. The molecular weight excluding hydrogens is 672 g/mol. The number of ether oxygens (including phenoxy) is 1. The standard InChI is InChI=1S/C32H30Cl2F5N3O5/c1-18(2)26(28(44)32(38,39)30(46)40-17-31(35,36)37)42-29(45)27(19-9-5-3-6-10-19)41-25(43)16-24(47-21-11-7-4-8-12-21)20-13-14-22(33)23(34)15-20/h3-15,18,24,26-27H,16-17H2,1-2H3,(H,40,46)(H,41,43)(H,42,45). The molecular formula is C32H30Cl2F5N3O5. The molecule has 0 fully saturated rings. The maximum Gasteiger partial charge on any atom is 0.405 e. The Morgan fingerprint density at radius 2 is 1.38 bits per heavy atom. The second-order valence-electron chi connectivity index (χ2n) is 10.7. The number of amides is 3. The van der Waals surface area contributed by atoms with Gasteiger partial charge < -0.3 is 20.7 Å². The topological polar surface area (TPSA) is 114 Å². The minimum Gasteiger partial charge on any atom is -0.485 e. The van der Waals surface area contributed by atoms with E-state index in [1.54, 1.807) is 54.6 Å². The molecule has 3 aromatic carbocycles. The van der Waals surface area contributed by atoms with Gasteiger partial charge in [-0.25, -0.2) is 0 Å². The summed E-state index contributed by atoms with van der Waals surface area (Å²) in [5, 5.41) is 6.12. The molecule has 8 nitrogen and oxygen atoms in total. The van der Waals surface area contributed by atoms with Crippen molar-refractivity contribution >= 4 is 46.7 Å². The third-order valence-electron chi connectivity index (χ3n) is 6.70. The van der Waals surface area contributed by atoms with Crippen LogP contribution in [-0.2, 0) is 19.2 Å². The number of ketones is 1. The van der Waals surface area contributed by atoms with Crippen molar-refractivity contribution in [3.63, 3.8) is 0 Å². The van der Waals surface area contributed by atoms with Crippen molar-refractivity contribution in [3.8, 4) is 5.75 Å². The van der Waals surface area contributed by atoms with Crippen molar-refractivity contribution in [2.24, 2.45) is 5.92 Å². The molecule has 0 spiro atoms. The molecule has 3 N–H and O–H groups in total. The molecule has 252 valence electrons. The minimum atomic E-state index is -5.01. The number of halogens is 7. The maximum absolute atomic E-state index is 14.7. The predicted octanol–water partition coefficient (Wildman–Crippen LogP) is 6.38. The van der Waals surface area contributed by atoms with Crippen LogP contribution in [0.2, 0.25) is 10.0 Å². The van der Waals surface area contributed by atoms with Crippen LogP contribution in [0.4, 0.5) is 22.0 Å². The molecule has 0 saturated carbocycles. The first-order chi connectivity index (χ1) is 22.0. The third-order valence-corrected chi connectivity index (χ3v) is 7.44. The summed E-state index contributed by atoms with van der Waals surface area (Å²) in [4.78, 5) is 51.7. The Morgan fingerprint density at radius 1 is 0.787 bits per heavy atom. The van der Waals surface area contributed by atoms with Gasteiger partial charge in [-0.3, -0.25) is 19.2 Å². The largest absolute Gasteiger partial charge is 0.485 e. The molecule has 3 unspecified atom stereocenters. The maximum atomic E-state index is 14.7. The van der Waals surface area contributed by atoms with Crippen molar-refractivity contribution in [2.45, 2.75) is 50.6 Å². The number of carbonyl (C=O) groups is 4. The van der Waals surface area contributed by atoms with E-state index in [0.29, 0.717) is 11.3 Å². The number of nitrogens with one attached hydrogen (secondary N) is 3. The molecule has 0 bridgehead atoms. The van der Waals surface area contributed by atoms with E-state index in [1.165, 1.54) is 38.1 Å². The Labute approximate surface area is 276 Å². The normalized spacial score (nSPS) is 13.7. The highest BCUT2D eigenvalue weighted by Gasteiger charge is 2.52. The number of carbonyl (C=O) groups excluding carboxylic acids is 4. The Hall–Kier alpha value is -4.23. The van der Waals surface area contributed by atoms with Gasteiger partial charge in [0.2, 0.25) is 17.6 Å². The number of benzene rings is 3. The van der Waals surface area contributed by atoms with Crippen LogP contribution < -0.4 is 20.7 Å². The molecule has 0 aromatic heterocycles. The molecule has 47 heavy (non-hydrogen) atoms. The Balaban J connectivity index is 1.86. The third kappa shape index (κ3) is 10.6. The average Bonchev–Trinajstić information content (AvgIpc) is 3.02. The van der Waals surface area contributed by atoms with Crippen LogP contribution in [0.1, 0.15) is 43.5 Å². The van der Waals surface area contributed by atoms with Crippen LogP contribution in [-0.4, -0.2) is 48.2 Å². The molecule has 3 amide bonds. The summed E-state index contributed by atoms with van der Waals surface area (Å²) in [7, 11) is 0. The van der Waals surface area contributed by atoms with Gasteiger partial charge in [-0.2, -0.15) is 22.0 Å². The lowest BCUT2D eigenvalue weighted by molar-refractivity contribution is -0.165. The van der Waals surface area contributed by atoms with Gasteiger partial charge in [-0.1, -0.05) is 91.6 Å². The molecule has 3 atom stereocenters. The molecule has 15 heteroatoms. The van der Waals surface area contributed by atoms with E-state index in [4.69, 9.17) is 27.9 Å². The van der Waals surface area contributed by atoms with Gasteiger partial charge in [0.1, 0.15) is 24.4 Å². The zero-order chi connectivity index (χ0) is 34.9. The monoisotopic (exact) mass is 701 g/mol. The molecule has 0 aliphatic rings. The fraction of sp³-hybridized carbons (Fsp3) is 0.312. The van der Waals surface area contributed by atoms with Crippen molar-refractivity contribution in [3.05, 3.63) is 100 Å². The summed E-state index contributed by atoms with van der Waals surface area (Å²) < 4.78 is 73.0. The first-order valence-electron chi connectivity index (χ1n) is 14.1. The second kappa shape index (κ2) is 16.1. The van der Waals surface area contributed by atoms with Crippen molar-refractivity contribution in [1.82, 2.24) is 16.0 Å². The molecule has 0 radical (unpaired) electrons. The highest BCUT2D eigenvalue weighted by atomic mass is 35.5. The Morgan fingerprint density at radius 3 is 1.94 bits per heavy atom. The molecule has 3 aromatic rings. The zero-order valence-corrected chi connectivity index (χ0v) is 26.4. The van der Waals surface area contributed by atoms with E-state index in [9.17, 15) is 41.1 Å². The molecule has 0 saturated heterocycles. The molecule has 0 aliphatic carbocycles. The Kier molecular flexibility index (Phi) is 12.7. The van der Waals surface area contributed by atoms with Gasteiger partial charge in [0.15, 0.2) is 0 Å². The lowest BCUT2D eigenvalue weighted by Crippen LogP contribution is -2.58. The smallest absolute Gasteiger partial charge is 0.405 e. The fourth-order valence-electron chi connectivity index (χ4n) is 4.31. The number of hydrogen-bond acceptors (Lipinski definition) is 5. The highest BCUT2D eigenvalue weighted by Crippen LogP contribution is 2.31. The van der Waals surface area contributed by atoms with Gasteiger partial charge in [-0.15, -0.1) is 0 Å². The summed E-state index contributed by atoms with van der Waals surface area (Å²) in [6, 6.07) is 17.2. The van der Waals surface area contributed by atoms with E-state index in [1.807, 2.05) is 0 Å². The summed E-state index contributed by atoms with van der Waals surface area (Å²) in [6.45, 7) is 0.476. The van der Waals surface area contributed by atoms with Gasteiger partial charge >= 0.3 is 12.1 Å². The number of alkyl halides is 5. The van der Waals surface area contributed by atoms with Crippen LogP contribution in [0.15, 0.2) is 78.9 Å². The summed E-state index contributed by atoms with van der Waals surface area (Å²) in [6.07, 6.45) is -6.31. The van der Waals surface area contributed by atoms with E-state index in [-0.39, 0.29) is 22.0 Å². The lowest BCUT2D eigenvalue weighted by atomic mass is 9.94. The zero-order valence-electron chi connectivity index (χ0n) is 24.9. The number of rotatable bonds is 14. The Bertz CT molecular complexity index is 1560. The number of Topliss-reactive ketones (excluding diaryl/α,β-unsaturated/α-hetero) is 1. The number of para-hydroxylation sites is 1. The van der Waals surface area contributed by atoms with Crippen LogP contribution >= 0.6 is 23.2 Å². The quantitative estimate of drug-likeness (QED) is 0.133. The van der Waals surface area contributed by atoms with Crippen molar-refractivity contribution in [1.29, 1.82) is 0 Å². The summed E-state index contributed by atoms with van der Waals surface area (Å²) in [5.74, 6) is -12.0. The van der Waals surface area contributed by atoms with Crippen molar-refractivity contribution < 1.29 is 45.9 Å². The van der Waals surface area contributed by atoms with Crippen LogP contribution in [0, 0.1) is 5.92 Å². The van der Waals surface area contributed by atoms with Gasteiger partial charge in [0.05, 0.1) is 22.5 Å². The molecule has 3 rings (SSSR count).